The standard InChI is InChI=1S/C12H12N6S/c1-14-9-6-10(18-11(13)17-9)19-12-15-7-4-2-3-5-8(7)16-12/h2-6H,1H3,(H,15,16)(H3,13,14,17,18). The summed E-state index contributed by atoms with van der Waals surface area (Å²) in [6.45, 7) is 0. The number of hydrogen-bond donors (Lipinski definition) is 3. The van der Waals surface area contributed by atoms with Crippen molar-refractivity contribution in [1.82, 2.24) is 19.9 Å². The highest BCUT2D eigenvalue weighted by Gasteiger charge is 2.07. The maximum atomic E-state index is 5.66. The molecular weight excluding hydrogens is 260 g/mol. The number of imidazole rings is 1. The van der Waals surface area contributed by atoms with E-state index in [1.165, 1.54) is 11.8 Å². The number of rotatable bonds is 3. The molecule has 0 aliphatic carbocycles. The van der Waals surface area contributed by atoms with Gasteiger partial charge in [-0.3, -0.25) is 0 Å². The number of H-pyrrole nitrogens is 1. The summed E-state index contributed by atoms with van der Waals surface area (Å²) in [6, 6.07) is 9.70. The van der Waals surface area contributed by atoms with Gasteiger partial charge in [0, 0.05) is 13.1 Å². The third-order valence-electron chi connectivity index (χ3n) is 2.54. The number of fused-ring (bicyclic) bond motifs is 1. The lowest BCUT2D eigenvalue weighted by molar-refractivity contribution is 1.03. The van der Waals surface area contributed by atoms with Gasteiger partial charge in [0.25, 0.3) is 0 Å². The second kappa shape index (κ2) is 4.77. The average molecular weight is 272 g/mol. The first-order chi connectivity index (χ1) is 9.24. The fraction of sp³-hybridized carbons (Fsp3) is 0.0833. The van der Waals surface area contributed by atoms with Gasteiger partial charge in [-0.2, -0.15) is 4.98 Å². The second-order valence-electron chi connectivity index (χ2n) is 3.86. The van der Waals surface area contributed by atoms with Gasteiger partial charge in [-0.15, -0.1) is 0 Å². The number of nitrogens with two attached hydrogens (primary N) is 1. The van der Waals surface area contributed by atoms with E-state index in [-0.39, 0.29) is 5.95 Å². The molecule has 7 heteroatoms. The van der Waals surface area contributed by atoms with Crippen molar-refractivity contribution in [3.05, 3.63) is 30.3 Å². The topological polar surface area (TPSA) is 92.5 Å². The molecule has 6 nitrogen and oxygen atoms in total. The first-order valence-corrected chi connectivity index (χ1v) is 6.51. The Morgan fingerprint density at radius 3 is 2.84 bits per heavy atom. The van der Waals surface area contributed by atoms with E-state index in [0.29, 0.717) is 5.82 Å². The smallest absolute Gasteiger partial charge is 0.223 e. The minimum atomic E-state index is 0.241. The van der Waals surface area contributed by atoms with Gasteiger partial charge in [0.15, 0.2) is 5.16 Å². The quantitative estimate of drug-likeness (QED) is 0.632. The molecule has 0 spiro atoms. The summed E-state index contributed by atoms with van der Waals surface area (Å²) in [4.78, 5) is 15.9. The van der Waals surface area contributed by atoms with Crippen molar-refractivity contribution in [3.8, 4) is 0 Å². The Bertz CT molecular complexity index is 690. The van der Waals surface area contributed by atoms with Crippen LogP contribution in [0.2, 0.25) is 0 Å². The van der Waals surface area contributed by atoms with Gasteiger partial charge in [0.1, 0.15) is 10.8 Å². The van der Waals surface area contributed by atoms with Crippen molar-refractivity contribution >= 4 is 34.6 Å². The number of hydrogen-bond acceptors (Lipinski definition) is 6. The molecule has 2 aromatic heterocycles. The molecule has 0 atom stereocenters. The zero-order chi connectivity index (χ0) is 13.2. The van der Waals surface area contributed by atoms with Crippen LogP contribution in [-0.4, -0.2) is 27.0 Å². The fourth-order valence-electron chi connectivity index (χ4n) is 1.70. The van der Waals surface area contributed by atoms with Crippen molar-refractivity contribution in [2.24, 2.45) is 0 Å². The maximum Gasteiger partial charge on any atom is 0.223 e. The van der Waals surface area contributed by atoms with Crippen LogP contribution in [0.15, 0.2) is 40.5 Å². The van der Waals surface area contributed by atoms with Gasteiger partial charge < -0.3 is 16.0 Å². The molecule has 0 unspecified atom stereocenters. The number of aromatic nitrogens is 4. The Morgan fingerprint density at radius 2 is 2.05 bits per heavy atom. The van der Waals surface area contributed by atoms with Crippen LogP contribution in [0.4, 0.5) is 11.8 Å². The lowest BCUT2D eigenvalue weighted by Crippen LogP contribution is -2.00. The zero-order valence-electron chi connectivity index (χ0n) is 10.2. The molecule has 2 heterocycles. The van der Waals surface area contributed by atoms with Gasteiger partial charge >= 0.3 is 0 Å². The van der Waals surface area contributed by atoms with Crippen LogP contribution >= 0.6 is 11.8 Å². The molecule has 4 N–H and O–H groups in total. The monoisotopic (exact) mass is 272 g/mol. The highest BCUT2D eigenvalue weighted by atomic mass is 32.2. The molecule has 0 bridgehead atoms. The predicted octanol–water partition coefficient (Wildman–Crippen LogP) is 2.13. The van der Waals surface area contributed by atoms with Crippen LogP contribution in [0.5, 0.6) is 0 Å². The Morgan fingerprint density at radius 1 is 1.21 bits per heavy atom. The Labute approximate surface area is 113 Å². The molecule has 0 fully saturated rings. The largest absolute Gasteiger partial charge is 0.373 e. The normalized spacial score (nSPS) is 10.8. The van der Waals surface area contributed by atoms with Crippen LogP contribution in [0, 0.1) is 0 Å². The van der Waals surface area contributed by atoms with E-state index in [9.17, 15) is 0 Å². The average Bonchev–Trinajstić information content (AvgIpc) is 2.80. The molecule has 0 amide bonds. The summed E-state index contributed by atoms with van der Waals surface area (Å²) < 4.78 is 0. The van der Waals surface area contributed by atoms with E-state index < -0.39 is 0 Å². The van der Waals surface area contributed by atoms with E-state index in [0.717, 1.165) is 21.2 Å². The minimum absolute atomic E-state index is 0.241. The number of nitrogen functional groups attached to an aromatic ring is 1. The zero-order valence-corrected chi connectivity index (χ0v) is 11.0. The summed E-state index contributed by atoms with van der Waals surface area (Å²) in [7, 11) is 1.79. The first kappa shape index (κ1) is 11.8. The highest BCUT2D eigenvalue weighted by Crippen LogP contribution is 2.27. The Balaban J connectivity index is 1.94. The molecular formula is C12H12N6S. The molecule has 0 aliphatic heterocycles. The van der Waals surface area contributed by atoms with Gasteiger partial charge in [-0.05, 0) is 23.9 Å². The summed E-state index contributed by atoms with van der Waals surface area (Å²) in [5.41, 5.74) is 7.59. The number of benzene rings is 1. The van der Waals surface area contributed by atoms with Crippen LogP contribution in [-0.2, 0) is 0 Å². The van der Waals surface area contributed by atoms with E-state index >= 15 is 0 Å². The Hall–Kier alpha value is -2.28. The fourth-order valence-corrected chi connectivity index (χ4v) is 2.51. The van der Waals surface area contributed by atoms with E-state index in [2.05, 4.69) is 25.3 Å². The molecule has 96 valence electrons. The number of nitrogens with one attached hydrogen (secondary N) is 2. The number of anilines is 2. The number of nitrogens with zero attached hydrogens (tertiary/aromatic N) is 3. The summed E-state index contributed by atoms with van der Waals surface area (Å²) in [5.74, 6) is 0.927. The molecule has 1 aromatic carbocycles. The van der Waals surface area contributed by atoms with E-state index in [1.807, 2.05) is 30.3 Å². The molecule has 0 radical (unpaired) electrons. The number of para-hydroxylation sites is 2. The van der Waals surface area contributed by atoms with E-state index in [4.69, 9.17) is 5.73 Å². The van der Waals surface area contributed by atoms with E-state index in [1.54, 1.807) is 7.05 Å². The lowest BCUT2D eigenvalue weighted by atomic mass is 10.3. The third-order valence-corrected chi connectivity index (χ3v) is 3.35. The first-order valence-electron chi connectivity index (χ1n) is 5.69. The SMILES string of the molecule is CNc1cc(Sc2nc3ccccc3[nH]2)nc(N)n1. The van der Waals surface area contributed by atoms with Crippen molar-refractivity contribution in [2.45, 2.75) is 10.2 Å². The van der Waals surface area contributed by atoms with Gasteiger partial charge in [0.2, 0.25) is 5.95 Å². The third kappa shape index (κ3) is 2.45. The molecule has 0 aliphatic rings. The molecule has 0 saturated carbocycles. The van der Waals surface area contributed by atoms with Crippen LogP contribution in [0.1, 0.15) is 0 Å². The summed E-state index contributed by atoms with van der Waals surface area (Å²) in [6.07, 6.45) is 0. The van der Waals surface area contributed by atoms with Crippen molar-refractivity contribution in [3.63, 3.8) is 0 Å². The number of aromatic amines is 1. The molecule has 3 aromatic rings. The molecule has 0 saturated heterocycles. The Kier molecular flexibility index (Phi) is 2.96. The second-order valence-corrected chi connectivity index (χ2v) is 4.87. The van der Waals surface area contributed by atoms with Crippen LogP contribution in [0.25, 0.3) is 11.0 Å². The van der Waals surface area contributed by atoms with Crippen LogP contribution in [0.3, 0.4) is 0 Å². The predicted molar refractivity (Wildman–Crippen MR) is 76.2 cm³/mol. The van der Waals surface area contributed by atoms with Crippen molar-refractivity contribution < 1.29 is 0 Å². The molecule has 19 heavy (non-hydrogen) atoms. The summed E-state index contributed by atoms with van der Waals surface area (Å²) in [5, 5.41) is 4.47. The van der Waals surface area contributed by atoms with Gasteiger partial charge in [0.05, 0.1) is 11.0 Å². The van der Waals surface area contributed by atoms with Gasteiger partial charge in [-0.1, -0.05) is 12.1 Å². The highest BCUT2D eigenvalue weighted by molar-refractivity contribution is 7.99. The lowest BCUT2D eigenvalue weighted by Gasteiger charge is -2.03. The summed E-state index contributed by atoms with van der Waals surface area (Å²) >= 11 is 1.42. The molecule has 3 rings (SSSR count). The maximum absolute atomic E-state index is 5.66. The van der Waals surface area contributed by atoms with Gasteiger partial charge in [-0.25, -0.2) is 9.97 Å². The van der Waals surface area contributed by atoms with Crippen LogP contribution < -0.4 is 11.1 Å². The van der Waals surface area contributed by atoms with Crippen molar-refractivity contribution in [2.75, 3.05) is 18.1 Å². The van der Waals surface area contributed by atoms with Crippen molar-refractivity contribution in [1.29, 1.82) is 0 Å². The minimum Gasteiger partial charge on any atom is -0.373 e.